The summed E-state index contributed by atoms with van der Waals surface area (Å²) in [5, 5.41) is 2.94. The fourth-order valence-corrected chi connectivity index (χ4v) is 3.97. The number of pyridine rings is 1. The molecule has 2 aromatic rings. The Hall–Kier alpha value is -1.75. The van der Waals surface area contributed by atoms with Crippen molar-refractivity contribution in [2.45, 2.75) is 26.7 Å². The fraction of sp³-hybridized carbons (Fsp3) is 0.471. The molecule has 0 bridgehead atoms. The van der Waals surface area contributed by atoms with Gasteiger partial charge in [-0.3, -0.25) is 9.78 Å². The zero-order chi connectivity index (χ0) is 15.5. The van der Waals surface area contributed by atoms with E-state index in [1.807, 2.05) is 22.4 Å². The molecule has 1 fully saturated rings. The maximum absolute atomic E-state index is 12.5. The van der Waals surface area contributed by atoms with Crippen LogP contribution in [0.4, 0.5) is 0 Å². The average molecular weight is 315 g/mol. The molecule has 1 aliphatic rings. The number of hydrogen-bond donors (Lipinski definition) is 0. The molecular weight excluding hydrogens is 294 g/mol. The highest BCUT2D eigenvalue weighted by atomic mass is 32.1. The molecule has 1 saturated heterocycles. The maximum Gasteiger partial charge on any atom is 0.228 e. The number of piperidine rings is 1. The van der Waals surface area contributed by atoms with Crippen LogP contribution in [0.15, 0.2) is 29.9 Å². The summed E-state index contributed by atoms with van der Waals surface area (Å²) in [6.07, 6.45) is 5.14. The van der Waals surface area contributed by atoms with Gasteiger partial charge >= 0.3 is 0 Å². The Morgan fingerprint density at radius 2 is 1.95 bits per heavy atom. The zero-order valence-electron chi connectivity index (χ0n) is 13.0. The van der Waals surface area contributed by atoms with Crippen LogP contribution in [0.3, 0.4) is 0 Å². The van der Waals surface area contributed by atoms with Crippen LogP contribution in [-0.4, -0.2) is 33.9 Å². The van der Waals surface area contributed by atoms with E-state index in [4.69, 9.17) is 0 Å². The van der Waals surface area contributed by atoms with Crippen LogP contribution >= 0.6 is 11.3 Å². The molecule has 2 aromatic heterocycles. The fourth-order valence-electron chi connectivity index (χ4n) is 3.15. The summed E-state index contributed by atoms with van der Waals surface area (Å²) in [6, 6.07) is 3.89. The number of amides is 1. The Bertz CT molecular complexity index is 630. The number of thiazole rings is 1. The molecule has 4 nitrogen and oxygen atoms in total. The van der Waals surface area contributed by atoms with Crippen molar-refractivity contribution in [3.05, 3.63) is 35.6 Å². The van der Waals surface area contributed by atoms with Gasteiger partial charge in [-0.1, -0.05) is 13.8 Å². The zero-order valence-corrected chi connectivity index (χ0v) is 13.8. The minimum atomic E-state index is 0.199. The van der Waals surface area contributed by atoms with Gasteiger partial charge in [0.2, 0.25) is 5.91 Å². The second kappa shape index (κ2) is 6.57. The highest BCUT2D eigenvalue weighted by Crippen LogP contribution is 2.25. The van der Waals surface area contributed by atoms with E-state index >= 15 is 0 Å². The van der Waals surface area contributed by atoms with Crippen LogP contribution in [0.25, 0.3) is 10.6 Å². The Kier molecular flexibility index (Phi) is 4.52. The summed E-state index contributed by atoms with van der Waals surface area (Å²) in [5.41, 5.74) is 1.92. The molecular formula is C17H21N3OS. The minimum absolute atomic E-state index is 0.199. The third kappa shape index (κ3) is 3.53. The van der Waals surface area contributed by atoms with Crippen LogP contribution in [0.2, 0.25) is 0 Å². The molecule has 5 heteroatoms. The van der Waals surface area contributed by atoms with Gasteiger partial charge < -0.3 is 4.90 Å². The van der Waals surface area contributed by atoms with Gasteiger partial charge in [-0.2, -0.15) is 0 Å². The summed E-state index contributed by atoms with van der Waals surface area (Å²) >= 11 is 1.58. The van der Waals surface area contributed by atoms with Crippen LogP contribution < -0.4 is 0 Å². The molecule has 0 N–H and O–H groups in total. The first-order chi connectivity index (χ1) is 10.6. The summed E-state index contributed by atoms with van der Waals surface area (Å²) in [4.78, 5) is 23.1. The number of aromatic nitrogens is 2. The molecule has 2 atom stereocenters. The summed E-state index contributed by atoms with van der Waals surface area (Å²) in [5.74, 6) is 1.39. The Balaban J connectivity index is 1.66. The Morgan fingerprint density at radius 3 is 2.64 bits per heavy atom. The van der Waals surface area contributed by atoms with E-state index in [0.717, 1.165) is 29.4 Å². The van der Waals surface area contributed by atoms with E-state index in [-0.39, 0.29) is 5.91 Å². The van der Waals surface area contributed by atoms with Gasteiger partial charge in [-0.05, 0) is 30.4 Å². The Morgan fingerprint density at radius 1 is 1.27 bits per heavy atom. The number of nitrogens with zero attached hydrogens (tertiary/aromatic N) is 3. The largest absolute Gasteiger partial charge is 0.342 e. The SMILES string of the molecule is CC1CC(C)CN(C(=O)Cc2csc(-c3ccncc3)n2)C1. The second-order valence-electron chi connectivity index (χ2n) is 6.30. The lowest BCUT2D eigenvalue weighted by Gasteiger charge is -2.35. The van der Waals surface area contributed by atoms with E-state index in [0.29, 0.717) is 18.3 Å². The molecule has 0 radical (unpaired) electrons. The van der Waals surface area contributed by atoms with Crippen molar-refractivity contribution < 1.29 is 4.79 Å². The lowest BCUT2D eigenvalue weighted by atomic mass is 9.92. The van der Waals surface area contributed by atoms with Gasteiger partial charge in [-0.15, -0.1) is 11.3 Å². The third-order valence-electron chi connectivity index (χ3n) is 4.03. The standard InChI is InChI=1S/C17H21N3OS/c1-12-7-13(2)10-20(9-12)16(21)8-15-11-22-17(19-15)14-3-5-18-6-4-14/h3-6,11-13H,7-10H2,1-2H3. The van der Waals surface area contributed by atoms with Crippen molar-refractivity contribution in [3.8, 4) is 10.6 Å². The molecule has 116 valence electrons. The number of rotatable bonds is 3. The monoisotopic (exact) mass is 315 g/mol. The van der Waals surface area contributed by atoms with Gasteiger partial charge in [-0.25, -0.2) is 4.98 Å². The van der Waals surface area contributed by atoms with Crippen LogP contribution in [0.1, 0.15) is 26.0 Å². The van der Waals surface area contributed by atoms with Crippen molar-refractivity contribution in [3.63, 3.8) is 0 Å². The summed E-state index contributed by atoms with van der Waals surface area (Å²) in [6.45, 7) is 6.20. The smallest absolute Gasteiger partial charge is 0.228 e. The lowest BCUT2D eigenvalue weighted by molar-refractivity contribution is -0.133. The normalized spacial score (nSPS) is 21.8. The van der Waals surface area contributed by atoms with Crippen LogP contribution in [-0.2, 0) is 11.2 Å². The lowest BCUT2D eigenvalue weighted by Crippen LogP contribution is -2.43. The first-order valence-corrected chi connectivity index (χ1v) is 8.62. The highest BCUT2D eigenvalue weighted by Gasteiger charge is 2.25. The van der Waals surface area contributed by atoms with Gasteiger partial charge in [0, 0.05) is 36.4 Å². The van der Waals surface area contributed by atoms with E-state index < -0.39 is 0 Å². The number of carbonyl (C=O) groups is 1. The van der Waals surface area contributed by atoms with E-state index in [9.17, 15) is 4.79 Å². The van der Waals surface area contributed by atoms with Gasteiger partial charge in [0.05, 0.1) is 12.1 Å². The van der Waals surface area contributed by atoms with Crippen molar-refractivity contribution in [2.24, 2.45) is 11.8 Å². The number of likely N-dealkylation sites (tertiary alicyclic amines) is 1. The average Bonchev–Trinajstić information content (AvgIpc) is 2.95. The molecule has 22 heavy (non-hydrogen) atoms. The molecule has 1 amide bonds. The molecule has 0 aromatic carbocycles. The first-order valence-electron chi connectivity index (χ1n) is 7.74. The van der Waals surface area contributed by atoms with E-state index in [1.165, 1.54) is 6.42 Å². The molecule has 0 aliphatic carbocycles. The van der Waals surface area contributed by atoms with Gasteiger partial charge in [0.15, 0.2) is 0 Å². The molecule has 0 spiro atoms. The highest BCUT2D eigenvalue weighted by molar-refractivity contribution is 7.13. The molecule has 2 unspecified atom stereocenters. The first kappa shape index (κ1) is 15.2. The van der Waals surface area contributed by atoms with E-state index in [2.05, 4.69) is 23.8 Å². The topological polar surface area (TPSA) is 46.1 Å². The van der Waals surface area contributed by atoms with Gasteiger partial charge in [0.1, 0.15) is 5.01 Å². The van der Waals surface area contributed by atoms with Crippen LogP contribution in [0, 0.1) is 11.8 Å². The summed E-state index contributed by atoms with van der Waals surface area (Å²) < 4.78 is 0. The van der Waals surface area contributed by atoms with Crippen molar-refractivity contribution in [2.75, 3.05) is 13.1 Å². The number of carbonyl (C=O) groups excluding carboxylic acids is 1. The van der Waals surface area contributed by atoms with Crippen LogP contribution in [0.5, 0.6) is 0 Å². The molecule has 3 heterocycles. The molecule has 0 saturated carbocycles. The molecule has 3 rings (SSSR count). The third-order valence-corrected chi connectivity index (χ3v) is 4.97. The maximum atomic E-state index is 12.5. The quantitative estimate of drug-likeness (QED) is 0.873. The van der Waals surface area contributed by atoms with Crippen molar-refractivity contribution in [1.82, 2.24) is 14.9 Å². The second-order valence-corrected chi connectivity index (χ2v) is 7.16. The predicted molar refractivity (Wildman–Crippen MR) is 88.6 cm³/mol. The predicted octanol–water partition coefficient (Wildman–Crippen LogP) is 3.25. The minimum Gasteiger partial charge on any atom is -0.342 e. The van der Waals surface area contributed by atoms with Crippen molar-refractivity contribution in [1.29, 1.82) is 0 Å². The molecule has 1 aliphatic heterocycles. The van der Waals surface area contributed by atoms with E-state index in [1.54, 1.807) is 23.7 Å². The van der Waals surface area contributed by atoms with Crippen molar-refractivity contribution >= 4 is 17.2 Å². The Labute approximate surface area is 135 Å². The van der Waals surface area contributed by atoms with Gasteiger partial charge in [0.25, 0.3) is 0 Å². The summed E-state index contributed by atoms with van der Waals surface area (Å²) in [7, 11) is 0. The number of hydrogen-bond acceptors (Lipinski definition) is 4.